The van der Waals surface area contributed by atoms with Crippen molar-refractivity contribution in [3.05, 3.63) is 35.9 Å². The second-order valence-corrected chi connectivity index (χ2v) is 6.03. The molecule has 1 aliphatic carbocycles. The number of nitrogens with one attached hydrogen (secondary N) is 2. The molecule has 4 heteroatoms. The zero-order chi connectivity index (χ0) is 15.1. The predicted molar refractivity (Wildman–Crippen MR) is 89.5 cm³/mol. The average Bonchev–Trinajstić information content (AvgIpc) is 3.32. The number of guanidine groups is 1. The van der Waals surface area contributed by atoms with Crippen LogP contribution in [0, 0.1) is 5.92 Å². The lowest BCUT2D eigenvalue weighted by Gasteiger charge is -2.25. The molecule has 116 valence electrons. The first-order valence-corrected chi connectivity index (χ1v) is 7.87. The van der Waals surface area contributed by atoms with Crippen LogP contribution in [0.3, 0.4) is 0 Å². The van der Waals surface area contributed by atoms with Crippen molar-refractivity contribution in [2.75, 3.05) is 27.2 Å². The largest absolute Gasteiger partial charge is 0.356 e. The van der Waals surface area contributed by atoms with Crippen LogP contribution in [0.2, 0.25) is 0 Å². The molecule has 2 rings (SSSR count). The molecular formula is C17H28N4. The maximum atomic E-state index is 4.28. The highest BCUT2D eigenvalue weighted by molar-refractivity contribution is 5.79. The molecule has 1 aromatic carbocycles. The quantitative estimate of drug-likeness (QED) is 0.596. The lowest BCUT2D eigenvalue weighted by atomic mass is 10.2. The lowest BCUT2D eigenvalue weighted by Crippen LogP contribution is -2.45. The van der Waals surface area contributed by atoms with Crippen molar-refractivity contribution in [1.29, 1.82) is 0 Å². The van der Waals surface area contributed by atoms with Gasteiger partial charge in [-0.1, -0.05) is 30.3 Å². The number of aliphatic imine (C=N–C) groups is 1. The molecule has 0 saturated heterocycles. The van der Waals surface area contributed by atoms with Crippen LogP contribution in [0.25, 0.3) is 0 Å². The van der Waals surface area contributed by atoms with Crippen LogP contribution >= 0.6 is 0 Å². The van der Waals surface area contributed by atoms with Gasteiger partial charge in [0.15, 0.2) is 5.96 Å². The average molecular weight is 288 g/mol. The van der Waals surface area contributed by atoms with E-state index in [2.05, 4.69) is 64.8 Å². The summed E-state index contributed by atoms with van der Waals surface area (Å²) in [5, 5.41) is 6.81. The Kier molecular flexibility index (Phi) is 6.05. The lowest BCUT2D eigenvalue weighted by molar-refractivity contribution is 0.249. The molecule has 4 nitrogen and oxygen atoms in total. The molecule has 1 aromatic rings. The molecule has 0 amide bonds. The van der Waals surface area contributed by atoms with E-state index in [1.54, 1.807) is 0 Å². The molecule has 1 atom stereocenters. The third-order valence-electron chi connectivity index (χ3n) is 4.07. The van der Waals surface area contributed by atoms with Crippen molar-refractivity contribution in [1.82, 2.24) is 15.5 Å². The first-order chi connectivity index (χ1) is 10.2. The number of likely N-dealkylation sites (N-methyl/N-ethyl adjacent to an activating group) is 1. The highest BCUT2D eigenvalue weighted by Crippen LogP contribution is 2.27. The van der Waals surface area contributed by atoms with Crippen LogP contribution in [-0.4, -0.2) is 44.1 Å². The first-order valence-electron chi connectivity index (χ1n) is 7.87. The standard InChI is InChI=1S/C17H28N4/c1-14(21(3)13-16-7-5-4-6-8-16)11-19-17(18-2)20-12-15-9-10-15/h4-8,14-15H,9-13H2,1-3H3,(H2,18,19,20). The van der Waals surface area contributed by atoms with Crippen LogP contribution in [-0.2, 0) is 6.54 Å². The molecule has 0 radical (unpaired) electrons. The minimum Gasteiger partial charge on any atom is -0.356 e. The van der Waals surface area contributed by atoms with Gasteiger partial charge in [0, 0.05) is 32.7 Å². The van der Waals surface area contributed by atoms with Gasteiger partial charge in [-0.2, -0.15) is 0 Å². The van der Waals surface area contributed by atoms with E-state index in [4.69, 9.17) is 0 Å². The summed E-state index contributed by atoms with van der Waals surface area (Å²) >= 11 is 0. The normalized spacial score (nSPS) is 16.9. The molecule has 1 fully saturated rings. The SMILES string of the molecule is CN=C(NCC1CC1)NCC(C)N(C)Cc1ccccc1. The molecule has 0 spiro atoms. The van der Waals surface area contributed by atoms with Crippen LogP contribution in [0.5, 0.6) is 0 Å². The number of rotatable bonds is 7. The Morgan fingerprint density at radius 2 is 2.00 bits per heavy atom. The monoisotopic (exact) mass is 288 g/mol. The maximum Gasteiger partial charge on any atom is 0.191 e. The van der Waals surface area contributed by atoms with Crippen molar-refractivity contribution in [3.63, 3.8) is 0 Å². The Morgan fingerprint density at radius 3 is 2.62 bits per heavy atom. The van der Waals surface area contributed by atoms with Gasteiger partial charge in [-0.25, -0.2) is 0 Å². The van der Waals surface area contributed by atoms with Gasteiger partial charge in [0.05, 0.1) is 0 Å². The summed E-state index contributed by atoms with van der Waals surface area (Å²) in [5.41, 5.74) is 1.35. The van der Waals surface area contributed by atoms with Gasteiger partial charge in [-0.3, -0.25) is 9.89 Å². The Hall–Kier alpha value is -1.55. The van der Waals surface area contributed by atoms with Gasteiger partial charge in [0.25, 0.3) is 0 Å². The summed E-state index contributed by atoms with van der Waals surface area (Å²) in [6.07, 6.45) is 2.72. The molecule has 21 heavy (non-hydrogen) atoms. The fourth-order valence-electron chi connectivity index (χ4n) is 2.21. The van der Waals surface area contributed by atoms with Crippen molar-refractivity contribution in [3.8, 4) is 0 Å². The van der Waals surface area contributed by atoms with E-state index in [0.29, 0.717) is 6.04 Å². The molecular weight excluding hydrogens is 260 g/mol. The van der Waals surface area contributed by atoms with Crippen molar-refractivity contribution < 1.29 is 0 Å². The van der Waals surface area contributed by atoms with Gasteiger partial charge in [-0.15, -0.1) is 0 Å². The summed E-state index contributed by atoms with van der Waals surface area (Å²) in [5.74, 6) is 1.78. The van der Waals surface area contributed by atoms with Gasteiger partial charge in [0.2, 0.25) is 0 Å². The van der Waals surface area contributed by atoms with Crippen LogP contribution < -0.4 is 10.6 Å². The maximum absolute atomic E-state index is 4.28. The summed E-state index contributed by atoms with van der Waals surface area (Å²) in [7, 11) is 4.00. The zero-order valence-corrected chi connectivity index (χ0v) is 13.5. The molecule has 0 heterocycles. The Morgan fingerprint density at radius 1 is 1.29 bits per heavy atom. The topological polar surface area (TPSA) is 39.7 Å². The molecule has 0 aromatic heterocycles. The first kappa shape index (κ1) is 15.8. The zero-order valence-electron chi connectivity index (χ0n) is 13.5. The van der Waals surface area contributed by atoms with Crippen LogP contribution in [0.15, 0.2) is 35.3 Å². The van der Waals surface area contributed by atoms with Crippen LogP contribution in [0.1, 0.15) is 25.3 Å². The van der Waals surface area contributed by atoms with E-state index in [9.17, 15) is 0 Å². The second kappa shape index (κ2) is 8.03. The molecule has 1 saturated carbocycles. The summed E-state index contributed by atoms with van der Waals surface area (Å²) in [6, 6.07) is 11.0. The Bertz CT molecular complexity index is 439. The number of hydrogen-bond donors (Lipinski definition) is 2. The Balaban J connectivity index is 1.70. The number of benzene rings is 1. The number of hydrogen-bond acceptors (Lipinski definition) is 2. The van der Waals surface area contributed by atoms with E-state index in [-0.39, 0.29) is 0 Å². The molecule has 0 aliphatic heterocycles. The molecule has 2 N–H and O–H groups in total. The molecule has 1 aliphatic rings. The van der Waals surface area contributed by atoms with Crippen molar-refractivity contribution in [2.24, 2.45) is 10.9 Å². The third-order valence-corrected chi connectivity index (χ3v) is 4.07. The van der Waals surface area contributed by atoms with Gasteiger partial charge < -0.3 is 10.6 Å². The highest BCUT2D eigenvalue weighted by Gasteiger charge is 2.21. The second-order valence-electron chi connectivity index (χ2n) is 6.03. The predicted octanol–water partition coefficient (Wildman–Crippen LogP) is 2.08. The number of nitrogens with zero attached hydrogens (tertiary/aromatic N) is 2. The van der Waals surface area contributed by atoms with Crippen molar-refractivity contribution in [2.45, 2.75) is 32.4 Å². The smallest absolute Gasteiger partial charge is 0.191 e. The van der Waals surface area contributed by atoms with E-state index in [1.165, 1.54) is 18.4 Å². The van der Waals surface area contributed by atoms with Crippen LogP contribution in [0.4, 0.5) is 0 Å². The fraction of sp³-hybridized carbons (Fsp3) is 0.588. The summed E-state index contributed by atoms with van der Waals surface area (Å²) < 4.78 is 0. The third kappa shape index (κ3) is 5.76. The van der Waals surface area contributed by atoms with Gasteiger partial charge in [-0.05, 0) is 38.3 Å². The Labute approximate surface area is 128 Å². The van der Waals surface area contributed by atoms with E-state index in [1.807, 2.05) is 7.05 Å². The van der Waals surface area contributed by atoms with E-state index < -0.39 is 0 Å². The van der Waals surface area contributed by atoms with E-state index >= 15 is 0 Å². The van der Waals surface area contributed by atoms with Gasteiger partial charge >= 0.3 is 0 Å². The van der Waals surface area contributed by atoms with E-state index in [0.717, 1.165) is 31.5 Å². The summed E-state index contributed by atoms with van der Waals surface area (Å²) in [4.78, 5) is 6.64. The minimum absolute atomic E-state index is 0.449. The minimum atomic E-state index is 0.449. The molecule has 1 unspecified atom stereocenters. The fourth-order valence-corrected chi connectivity index (χ4v) is 2.21. The van der Waals surface area contributed by atoms with Crippen molar-refractivity contribution >= 4 is 5.96 Å². The molecule has 0 bridgehead atoms. The van der Waals surface area contributed by atoms with Gasteiger partial charge in [0.1, 0.15) is 0 Å². The highest BCUT2D eigenvalue weighted by atomic mass is 15.2. The summed E-state index contributed by atoms with van der Waals surface area (Å²) in [6.45, 7) is 5.16.